The molecule has 0 aliphatic carbocycles. The van der Waals surface area contributed by atoms with Crippen molar-refractivity contribution < 1.29 is 9.53 Å². The van der Waals surface area contributed by atoms with Gasteiger partial charge in [0.15, 0.2) is 6.61 Å². The first-order valence-corrected chi connectivity index (χ1v) is 7.12. The van der Waals surface area contributed by atoms with Crippen molar-refractivity contribution in [1.29, 1.82) is 0 Å². The van der Waals surface area contributed by atoms with E-state index in [2.05, 4.69) is 5.32 Å². The molecular weight excluding hydrogens is 282 g/mol. The van der Waals surface area contributed by atoms with Gasteiger partial charge in [0.25, 0.3) is 5.91 Å². The van der Waals surface area contributed by atoms with E-state index < -0.39 is 0 Å². The van der Waals surface area contributed by atoms with Crippen LogP contribution in [-0.4, -0.2) is 19.1 Å². The Morgan fingerprint density at radius 3 is 2.68 bits per heavy atom. The van der Waals surface area contributed by atoms with E-state index in [0.29, 0.717) is 12.3 Å². The van der Waals surface area contributed by atoms with Crippen molar-refractivity contribution in [3.05, 3.63) is 51.7 Å². The normalized spacial score (nSPS) is 10.2. The van der Waals surface area contributed by atoms with Gasteiger partial charge in [-0.1, -0.05) is 29.8 Å². The van der Waals surface area contributed by atoms with Crippen LogP contribution >= 0.6 is 22.9 Å². The average molecular weight is 296 g/mol. The van der Waals surface area contributed by atoms with Crippen LogP contribution in [0.3, 0.4) is 0 Å². The molecule has 0 unspecified atom stereocenters. The fourth-order valence-electron chi connectivity index (χ4n) is 1.53. The largest absolute Gasteiger partial charge is 0.484 e. The monoisotopic (exact) mass is 295 g/mol. The number of ether oxygens (including phenoxy) is 1. The molecule has 5 heteroatoms. The number of thiophene rings is 1. The number of para-hydroxylation sites is 1. The van der Waals surface area contributed by atoms with E-state index >= 15 is 0 Å². The Labute approximate surface area is 121 Å². The smallest absolute Gasteiger partial charge is 0.257 e. The molecule has 19 heavy (non-hydrogen) atoms. The third-order valence-corrected chi connectivity index (χ3v) is 3.73. The summed E-state index contributed by atoms with van der Waals surface area (Å²) >= 11 is 7.36. The molecule has 0 aliphatic rings. The second-order valence-electron chi connectivity index (χ2n) is 3.91. The van der Waals surface area contributed by atoms with Crippen molar-refractivity contribution in [2.24, 2.45) is 0 Å². The fraction of sp³-hybridized carbons (Fsp3) is 0.214. The summed E-state index contributed by atoms with van der Waals surface area (Å²) in [6, 6.07) is 13.1. The first-order chi connectivity index (χ1) is 9.24. The van der Waals surface area contributed by atoms with Crippen LogP contribution in [0.15, 0.2) is 42.5 Å². The molecule has 0 radical (unpaired) electrons. The van der Waals surface area contributed by atoms with Gasteiger partial charge in [0.1, 0.15) is 5.75 Å². The molecule has 0 atom stereocenters. The van der Waals surface area contributed by atoms with Gasteiger partial charge in [0.05, 0.1) is 4.34 Å². The van der Waals surface area contributed by atoms with E-state index in [0.717, 1.165) is 15.6 Å². The lowest BCUT2D eigenvalue weighted by atomic mass is 10.3. The molecule has 1 N–H and O–H groups in total. The minimum absolute atomic E-state index is 0.0369. The van der Waals surface area contributed by atoms with Crippen molar-refractivity contribution >= 4 is 28.8 Å². The molecule has 0 saturated carbocycles. The lowest BCUT2D eigenvalue weighted by molar-refractivity contribution is -0.123. The summed E-state index contributed by atoms with van der Waals surface area (Å²) in [5.41, 5.74) is 0. The van der Waals surface area contributed by atoms with E-state index in [9.17, 15) is 4.79 Å². The van der Waals surface area contributed by atoms with Crippen LogP contribution in [0, 0.1) is 0 Å². The van der Waals surface area contributed by atoms with E-state index in [1.165, 1.54) is 11.3 Å². The highest BCUT2D eigenvalue weighted by Gasteiger charge is 2.03. The Kier molecular flexibility index (Phi) is 5.24. The Balaban J connectivity index is 1.65. The van der Waals surface area contributed by atoms with Gasteiger partial charge in [-0.3, -0.25) is 4.79 Å². The molecule has 0 fully saturated rings. The van der Waals surface area contributed by atoms with Gasteiger partial charge < -0.3 is 10.1 Å². The van der Waals surface area contributed by atoms with Crippen molar-refractivity contribution in [3.8, 4) is 5.75 Å². The number of hydrogen-bond acceptors (Lipinski definition) is 3. The first kappa shape index (κ1) is 13.9. The second kappa shape index (κ2) is 7.16. The van der Waals surface area contributed by atoms with E-state index in [1.807, 2.05) is 42.5 Å². The molecule has 2 rings (SSSR count). The number of hydrogen-bond donors (Lipinski definition) is 1. The lowest BCUT2D eigenvalue weighted by Gasteiger charge is -2.06. The van der Waals surface area contributed by atoms with E-state index in [4.69, 9.17) is 16.3 Å². The molecule has 2 aromatic rings. The highest BCUT2D eigenvalue weighted by molar-refractivity contribution is 7.16. The molecule has 100 valence electrons. The molecule has 3 nitrogen and oxygen atoms in total. The number of rotatable bonds is 6. The minimum Gasteiger partial charge on any atom is -0.484 e. The topological polar surface area (TPSA) is 38.3 Å². The van der Waals surface area contributed by atoms with E-state index in [-0.39, 0.29) is 12.5 Å². The van der Waals surface area contributed by atoms with Gasteiger partial charge in [-0.2, -0.15) is 0 Å². The molecule has 0 spiro atoms. The minimum atomic E-state index is -0.119. The van der Waals surface area contributed by atoms with Crippen LogP contribution in [0.1, 0.15) is 4.88 Å². The third kappa shape index (κ3) is 4.93. The molecule has 0 aliphatic heterocycles. The predicted molar refractivity (Wildman–Crippen MR) is 78.0 cm³/mol. The van der Waals surface area contributed by atoms with Crippen LogP contribution in [0.5, 0.6) is 5.75 Å². The Morgan fingerprint density at radius 1 is 1.21 bits per heavy atom. The number of carbonyl (C=O) groups excluding carboxylic acids is 1. The third-order valence-electron chi connectivity index (χ3n) is 2.44. The predicted octanol–water partition coefficient (Wildman–Crippen LogP) is 3.14. The average Bonchev–Trinajstić information content (AvgIpc) is 2.83. The zero-order valence-corrected chi connectivity index (χ0v) is 11.8. The summed E-state index contributed by atoms with van der Waals surface area (Å²) in [5.74, 6) is 0.578. The maximum Gasteiger partial charge on any atom is 0.257 e. The van der Waals surface area contributed by atoms with Gasteiger partial charge in [0.2, 0.25) is 0 Å². The van der Waals surface area contributed by atoms with Gasteiger partial charge >= 0.3 is 0 Å². The van der Waals surface area contributed by atoms with Crippen LogP contribution in [0.4, 0.5) is 0 Å². The van der Waals surface area contributed by atoms with Crippen LogP contribution in [0.2, 0.25) is 4.34 Å². The van der Waals surface area contributed by atoms with Crippen LogP contribution < -0.4 is 10.1 Å². The maximum atomic E-state index is 11.6. The van der Waals surface area contributed by atoms with Crippen LogP contribution in [-0.2, 0) is 11.2 Å². The van der Waals surface area contributed by atoms with Gasteiger partial charge in [-0.05, 0) is 30.7 Å². The standard InChI is InChI=1S/C14H14ClNO2S/c15-13-7-6-12(19-13)8-9-16-14(17)10-18-11-4-2-1-3-5-11/h1-7H,8-10H2,(H,16,17). The van der Waals surface area contributed by atoms with Crippen molar-refractivity contribution in [1.82, 2.24) is 5.32 Å². The Morgan fingerprint density at radius 2 is 2.00 bits per heavy atom. The lowest BCUT2D eigenvalue weighted by Crippen LogP contribution is -2.30. The summed E-state index contributed by atoms with van der Waals surface area (Å²) in [7, 11) is 0. The van der Waals surface area contributed by atoms with Crippen LogP contribution in [0.25, 0.3) is 0 Å². The zero-order chi connectivity index (χ0) is 13.5. The quantitative estimate of drug-likeness (QED) is 0.889. The van der Waals surface area contributed by atoms with Crippen molar-refractivity contribution in [2.75, 3.05) is 13.2 Å². The summed E-state index contributed by atoms with van der Waals surface area (Å²) in [6.07, 6.45) is 0.786. The molecule has 1 aromatic heterocycles. The van der Waals surface area contributed by atoms with E-state index in [1.54, 1.807) is 0 Å². The van der Waals surface area contributed by atoms with Gasteiger partial charge in [-0.15, -0.1) is 11.3 Å². The number of carbonyl (C=O) groups is 1. The number of amides is 1. The van der Waals surface area contributed by atoms with Crippen molar-refractivity contribution in [2.45, 2.75) is 6.42 Å². The van der Waals surface area contributed by atoms with Gasteiger partial charge in [0, 0.05) is 11.4 Å². The second-order valence-corrected chi connectivity index (χ2v) is 5.71. The fourth-order valence-corrected chi connectivity index (χ4v) is 2.61. The first-order valence-electron chi connectivity index (χ1n) is 5.93. The highest BCUT2D eigenvalue weighted by atomic mass is 35.5. The summed E-state index contributed by atoms with van der Waals surface area (Å²) in [6.45, 7) is 0.628. The molecule has 1 amide bonds. The summed E-state index contributed by atoms with van der Waals surface area (Å²) in [5, 5.41) is 2.81. The summed E-state index contributed by atoms with van der Waals surface area (Å²) in [4.78, 5) is 12.7. The Bertz CT molecular complexity index is 527. The SMILES string of the molecule is O=C(COc1ccccc1)NCCc1ccc(Cl)s1. The number of benzene rings is 1. The maximum absolute atomic E-state index is 11.6. The zero-order valence-electron chi connectivity index (χ0n) is 10.3. The molecular formula is C14H14ClNO2S. The molecule has 1 heterocycles. The molecule has 0 saturated heterocycles. The summed E-state index contributed by atoms with van der Waals surface area (Å²) < 4.78 is 6.12. The van der Waals surface area contributed by atoms with Gasteiger partial charge in [-0.25, -0.2) is 0 Å². The highest BCUT2D eigenvalue weighted by Crippen LogP contribution is 2.21. The number of halogens is 1. The molecule has 1 aromatic carbocycles. The van der Waals surface area contributed by atoms with Crippen molar-refractivity contribution in [3.63, 3.8) is 0 Å². The Hall–Kier alpha value is -1.52. The number of nitrogens with one attached hydrogen (secondary N) is 1. The molecule has 0 bridgehead atoms.